The summed E-state index contributed by atoms with van der Waals surface area (Å²) in [4.78, 5) is 11.0. The summed E-state index contributed by atoms with van der Waals surface area (Å²) >= 11 is 3.20. The van der Waals surface area contributed by atoms with E-state index in [4.69, 9.17) is 5.11 Å². The predicted octanol–water partition coefficient (Wildman–Crippen LogP) is 1.81. The second kappa shape index (κ2) is 6.44. The van der Waals surface area contributed by atoms with Gasteiger partial charge in [0.2, 0.25) is 0 Å². The third-order valence-corrected chi connectivity index (χ3v) is 2.25. The van der Waals surface area contributed by atoms with Gasteiger partial charge in [0, 0.05) is 16.6 Å². The molecular weight excluding hydrogens is 281 g/mol. The molecule has 0 saturated heterocycles. The Kier molecular flexibility index (Phi) is 5.21. The Morgan fingerprint density at radius 2 is 2.31 bits per heavy atom. The fraction of sp³-hybridized carbons (Fsp3) is 0.300. The summed E-state index contributed by atoms with van der Waals surface area (Å²) in [5.74, 6) is -0.398. The Hall–Kier alpha value is -1.14. The summed E-state index contributed by atoms with van der Waals surface area (Å²) in [6.45, 7) is -0.277. The van der Waals surface area contributed by atoms with E-state index in [1.165, 1.54) is 6.07 Å². The molecule has 1 rings (SSSR count). The first-order chi connectivity index (χ1) is 7.63. The van der Waals surface area contributed by atoms with Crippen LogP contribution >= 0.6 is 15.9 Å². The van der Waals surface area contributed by atoms with Crippen molar-refractivity contribution < 1.29 is 19.0 Å². The van der Waals surface area contributed by atoms with Gasteiger partial charge in [-0.2, -0.15) is 0 Å². The zero-order valence-corrected chi connectivity index (χ0v) is 9.96. The van der Waals surface area contributed by atoms with Crippen molar-refractivity contribution in [2.24, 2.45) is 0 Å². The molecule has 4 nitrogen and oxygen atoms in total. The van der Waals surface area contributed by atoms with Gasteiger partial charge >= 0.3 is 6.09 Å². The number of hydrogen-bond acceptors (Lipinski definition) is 3. The molecule has 6 heteroatoms. The second-order valence-electron chi connectivity index (χ2n) is 2.95. The van der Waals surface area contributed by atoms with E-state index in [0.29, 0.717) is 5.56 Å². The summed E-state index contributed by atoms with van der Waals surface area (Å²) in [5.41, 5.74) is 0.357. The maximum atomic E-state index is 13.2. The molecule has 0 spiro atoms. The number of alkyl carbamates (subject to hydrolysis) is 1. The van der Waals surface area contributed by atoms with Crippen molar-refractivity contribution in [1.82, 2.24) is 5.32 Å². The van der Waals surface area contributed by atoms with E-state index in [0.717, 1.165) is 4.47 Å². The van der Waals surface area contributed by atoms with Crippen LogP contribution in [0.3, 0.4) is 0 Å². The maximum absolute atomic E-state index is 13.2. The van der Waals surface area contributed by atoms with Crippen molar-refractivity contribution in [3.8, 4) is 0 Å². The van der Waals surface area contributed by atoms with Crippen molar-refractivity contribution in [2.75, 3.05) is 13.2 Å². The standard InChI is InChI=1S/C10H11BrFNO3/c11-8-1-2-9(12)7(5-8)6-13-10(15)16-4-3-14/h1-2,5,14H,3-4,6H2,(H,13,15). The summed E-state index contributed by atoms with van der Waals surface area (Å²) in [7, 11) is 0. The van der Waals surface area contributed by atoms with Gasteiger partial charge in [0.05, 0.1) is 6.61 Å². The quantitative estimate of drug-likeness (QED) is 0.889. The molecule has 1 aromatic rings. The smallest absolute Gasteiger partial charge is 0.407 e. The highest BCUT2D eigenvalue weighted by Crippen LogP contribution is 2.15. The third kappa shape index (κ3) is 4.16. The SMILES string of the molecule is O=C(NCc1cc(Br)ccc1F)OCCO. The van der Waals surface area contributed by atoms with Crippen molar-refractivity contribution in [3.05, 3.63) is 34.1 Å². The molecule has 0 atom stereocenters. The zero-order chi connectivity index (χ0) is 12.0. The van der Waals surface area contributed by atoms with Gasteiger partial charge in [-0.1, -0.05) is 15.9 Å². The highest BCUT2D eigenvalue weighted by atomic mass is 79.9. The Morgan fingerprint density at radius 3 is 3.00 bits per heavy atom. The van der Waals surface area contributed by atoms with Crippen molar-refractivity contribution in [2.45, 2.75) is 6.54 Å². The van der Waals surface area contributed by atoms with E-state index in [1.807, 2.05) is 0 Å². The first kappa shape index (κ1) is 12.9. The van der Waals surface area contributed by atoms with Gasteiger partial charge in [0.25, 0.3) is 0 Å². The first-order valence-electron chi connectivity index (χ1n) is 4.59. The lowest BCUT2D eigenvalue weighted by Crippen LogP contribution is -2.25. The highest BCUT2D eigenvalue weighted by molar-refractivity contribution is 9.10. The van der Waals surface area contributed by atoms with E-state index in [9.17, 15) is 9.18 Å². The summed E-state index contributed by atoms with van der Waals surface area (Å²) in [6.07, 6.45) is -0.687. The van der Waals surface area contributed by atoms with Crippen LogP contribution in [0.5, 0.6) is 0 Å². The predicted molar refractivity (Wildman–Crippen MR) is 59.4 cm³/mol. The number of carbonyl (C=O) groups excluding carboxylic acids is 1. The molecule has 0 aliphatic heterocycles. The number of aliphatic hydroxyl groups excluding tert-OH is 1. The highest BCUT2D eigenvalue weighted by Gasteiger charge is 2.05. The van der Waals surface area contributed by atoms with Gasteiger partial charge in [-0.15, -0.1) is 0 Å². The minimum Gasteiger partial charge on any atom is -0.447 e. The Labute approximate surface area is 101 Å². The van der Waals surface area contributed by atoms with Gasteiger partial charge in [0.1, 0.15) is 12.4 Å². The van der Waals surface area contributed by atoms with Gasteiger partial charge in [0.15, 0.2) is 0 Å². The van der Waals surface area contributed by atoms with E-state index in [1.54, 1.807) is 12.1 Å². The molecular formula is C10H11BrFNO3. The number of rotatable bonds is 4. The molecule has 0 aromatic heterocycles. The fourth-order valence-corrected chi connectivity index (χ4v) is 1.44. The van der Waals surface area contributed by atoms with Gasteiger partial charge < -0.3 is 15.2 Å². The molecule has 0 bridgehead atoms. The van der Waals surface area contributed by atoms with Gasteiger partial charge in [-0.25, -0.2) is 9.18 Å². The monoisotopic (exact) mass is 291 g/mol. The molecule has 0 fully saturated rings. The molecule has 1 amide bonds. The van der Waals surface area contributed by atoms with Crippen LogP contribution in [0.2, 0.25) is 0 Å². The van der Waals surface area contributed by atoms with Crippen LogP contribution in [-0.4, -0.2) is 24.4 Å². The lowest BCUT2D eigenvalue weighted by atomic mass is 10.2. The number of ether oxygens (including phenoxy) is 1. The number of benzene rings is 1. The minimum absolute atomic E-state index is 0.0372. The fourth-order valence-electron chi connectivity index (χ4n) is 1.04. The third-order valence-electron chi connectivity index (χ3n) is 1.76. The Morgan fingerprint density at radius 1 is 1.56 bits per heavy atom. The number of halogens is 2. The van der Waals surface area contributed by atoms with Crippen LogP contribution in [0.15, 0.2) is 22.7 Å². The van der Waals surface area contributed by atoms with Crippen molar-refractivity contribution >= 4 is 22.0 Å². The number of amides is 1. The van der Waals surface area contributed by atoms with E-state index in [2.05, 4.69) is 26.0 Å². The van der Waals surface area contributed by atoms with Gasteiger partial charge in [-0.05, 0) is 18.2 Å². The van der Waals surface area contributed by atoms with Crippen molar-refractivity contribution in [1.29, 1.82) is 0 Å². The van der Waals surface area contributed by atoms with E-state index in [-0.39, 0.29) is 19.8 Å². The van der Waals surface area contributed by atoms with Crippen LogP contribution in [0.25, 0.3) is 0 Å². The Balaban J connectivity index is 2.47. The average Bonchev–Trinajstić information content (AvgIpc) is 2.27. The number of aliphatic hydroxyl groups is 1. The zero-order valence-electron chi connectivity index (χ0n) is 8.37. The van der Waals surface area contributed by atoms with Crippen LogP contribution in [0, 0.1) is 5.82 Å². The largest absolute Gasteiger partial charge is 0.447 e. The molecule has 0 radical (unpaired) electrons. The molecule has 2 N–H and O–H groups in total. The summed E-state index contributed by atoms with van der Waals surface area (Å²) < 4.78 is 18.5. The molecule has 0 aliphatic carbocycles. The lowest BCUT2D eigenvalue weighted by Gasteiger charge is -2.07. The molecule has 1 aromatic carbocycles. The normalized spacial score (nSPS) is 9.94. The van der Waals surface area contributed by atoms with E-state index < -0.39 is 11.9 Å². The summed E-state index contributed by atoms with van der Waals surface area (Å²) in [6, 6.07) is 4.45. The van der Waals surface area contributed by atoms with Gasteiger partial charge in [-0.3, -0.25) is 0 Å². The van der Waals surface area contributed by atoms with Crippen molar-refractivity contribution in [3.63, 3.8) is 0 Å². The molecule has 0 aliphatic rings. The molecule has 0 unspecified atom stereocenters. The molecule has 0 heterocycles. The second-order valence-corrected chi connectivity index (χ2v) is 3.86. The molecule has 16 heavy (non-hydrogen) atoms. The Bertz CT molecular complexity index is 373. The average molecular weight is 292 g/mol. The number of carbonyl (C=O) groups is 1. The number of hydrogen-bond donors (Lipinski definition) is 2. The summed E-state index contributed by atoms with van der Waals surface area (Å²) in [5, 5.41) is 10.8. The first-order valence-corrected chi connectivity index (χ1v) is 5.38. The molecule has 88 valence electrons. The van der Waals surface area contributed by atoms with Crippen LogP contribution in [0.1, 0.15) is 5.56 Å². The lowest BCUT2D eigenvalue weighted by molar-refractivity contribution is 0.118. The van der Waals surface area contributed by atoms with Crippen LogP contribution in [0.4, 0.5) is 9.18 Å². The number of nitrogens with one attached hydrogen (secondary N) is 1. The van der Waals surface area contributed by atoms with E-state index >= 15 is 0 Å². The minimum atomic E-state index is -0.687. The molecule has 0 saturated carbocycles. The van der Waals surface area contributed by atoms with Crippen LogP contribution < -0.4 is 5.32 Å². The topological polar surface area (TPSA) is 58.6 Å². The van der Waals surface area contributed by atoms with Crippen LogP contribution in [-0.2, 0) is 11.3 Å². The maximum Gasteiger partial charge on any atom is 0.407 e.